The number of aromatic nitrogens is 6. The van der Waals surface area contributed by atoms with Crippen molar-refractivity contribution in [1.29, 1.82) is 0 Å². The van der Waals surface area contributed by atoms with Crippen molar-refractivity contribution in [3.05, 3.63) is 39.6 Å². The summed E-state index contributed by atoms with van der Waals surface area (Å²) in [4.78, 5) is 44.7. The van der Waals surface area contributed by atoms with E-state index in [1.165, 1.54) is 7.05 Å². The molecule has 5 heterocycles. The van der Waals surface area contributed by atoms with Gasteiger partial charge in [-0.1, -0.05) is 0 Å². The second-order valence-electron chi connectivity index (χ2n) is 7.37. The summed E-state index contributed by atoms with van der Waals surface area (Å²) in [5, 5.41) is 0. The van der Waals surface area contributed by atoms with Gasteiger partial charge in [0.2, 0.25) is 0 Å². The molecule has 140 valence electrons. The molecule has 1 N–H and O–H groups in total. The number of anilines is 2. The third-order valence-electron chi connectivity index (χ3n) is 5.81. The van der Waals surface area contributed by atoms with Gasteiger partial charge in [0.15, 0.2) is 11.5 Å². The largest absolute Gasteiger partial charge is 0.357 e. The Hall–Kier alpha value is -3.17. The van der Waals surface area contributed by atoms with Gasteiger partial charge in [-0.15, -0.1) is 0 Å². The Labute approximate surface area is 154 Å². The van der Waals surface area contributed by atoms with Crippen molar-refractivity contribution in [2.24, 2.45) is 25.9 Å². The first-order valence-corrected chi connectivity index (χ1v) is 8.94. The van der Waals surface area contributed by atoms with Gasteiger partial charge in [0.25, 0.3) is 5.56 Å². The van der Waals surface area contributed by atoms with Crippen LogP contribution in [0.4, 0.5) is 11.6 Å². The first-order chi connectivity index (χ1) is 13.0. The number of rotatable bonds is 2. The molecule has 27 heavy (non-hydrogen) atoms. The van der Waals surface area contributed by atoms with E-state index in [0.29, 0.717) is 23.3 Å². The Kier molecular flexibility index (Phi) is 3.36. The van der Waals surface area contributed by atoms with Gasteiger partial charge >= 0.3 is 5.69 Å². The monoisotopic (exact) mass is 368 g/mol. The number of hydrogen-bond donors (Lipinski definition) is 1. The fourth-order valence-corrected chi connectivity index (χ4v) is 4.37. The zero-order valence-corrected chi connectivity index (χ0v) is 15.2. The summed E-state index contributed by atoms with van der Waals surface area (Å²) < 4.78 is 2.69. The molecule has 2 aliphatic heterocycles. The van der Waals surface area contributed by atoms with Crippen LogP contribution in [0.25, 0.3) is 11.2 Å². The van der Waals surface area contributed by atoms with Gasteiger partial charge in [-0.2, -0.15) is 0 Å². The van der Waals surface area contributed by atoms with Crippen LogP contribution < -0.4 is 21.0 Å². The van der Waals surface area contributed by atoms with E-state index < -0.39 is 0 Å². The van der Waals surface area contributed by atoms with Gasteiger partial charge in [-0.05, 0) is 0 Å². The van der Waals surface area contributed by atoms with Crippen molar-refractivity contribution >= 4 is 22.8 Å². The van der Waals surface area contributed by atoms with E-state index in [1.54, 1.807) is 30.3 Å². The average molecular weight is 368 g/mol. The number of hydrogen-bond acceptors (Lipinski definition) is 7. The summed E-state index contributed by atoms with van der Waals surface area (Å²) in [7, 11) is 3.22. The highest BCUT2D eigenvalue weighted by Gasteiger charge is 2.41. The maximum atomic E-state index is 12.2. The molecule has 0 aliphatic carbocycles. The molecule has 2 saturated heterocycles. The number of nitrogens with one attached hydrogen (secondary N) is 1. The van der Waals surface area contributed by atoms with E-state index in [1.807, 2.05) is 0 Å². The molecule has 0 aromatic carbocycles. The second kappa shape index (κ2) is 5.66. The summed E-state index contributed by atoms with van der Waals surface area (Å²) in [6.07, 6.45) is 3.19. The normalized spacial score (nSPS) is 22.0. The standard InChI is InChI=1S/C17H20N8O2/c1-22-12(3-13(26)23(2)17(22)27)24-4-10-6-25(7-11(10)5-24)16-14-15(19-8-18-14)20-9-21-16/h3,8-11H,4-7H2,1-2H3,(H,18,19,20,21). The summed E-state index contributed by atoms with van der Waals surface area (Å²) in [5.74, 6) is 2.50. The molecule has 5 rings (SSSR count). The van der Waals surface area contributed by atoms with Gasteiger partial charge in [0, 0.05) is 58.2 Å². The minimum absolute atomic E-state index is 0.269. The minimum atomic E-state index is -0.293. The summed E-state index contributed by atoms with van der Waals surface area (Å²) in [5.41, 5.74) is 0.977. The molecule has 10 heteroatoms. The summed E-state index contributed by atoms with van der Waals surface area (Å²) in [6.45, 7) is 3.40. The average Bonchev–Trinajstić information content (AvgIpc) is 3.36. The fraction of sp³-hybridized carbons (Fsp3) is 0.471. The molecule has 3 aromatic heterocycles. The summed E-state index contributed by atoms with van der Waals surface area (Å²) in [6, 6.07) is 1.55. The molecule has 10 nitrogen and oxygen atoms in total. The Morgan fingerprint density at radius 3 is 2.41 bits per heavy atom. The van der Waals surface area contributed by atoms with Crippen LogP contribution in [0.3, 0.4) is 0 Å². The van der Waals surface area contributed by atoms with Gasteiger partial charge in [-0.3, -0.25) is 13.9 Å². The number of H-pyrrole nitrogens is 1. The van der Waals surface area contributed by atoms with Crippen molar-refractivity contribution in [1.82, 2.24) is 29.1 Å². The van der Waals surface area contributed by atoms with Crippen molar-refractivity contribution in [3.8, 4) is 0 Å². The van der Waals surface area contributed by atoms with Crippen LogP contribution in [0.5, 0.6) is 0 Å². The molecule has 0 radical (unpaired) electrons. The van der Waals surface area contributed by atoms with Gasteiger partial charge < -0.3 is 14.8 Å². The van der Waals surface area contributed by atoms with Crippen molar-refractivity contribution < 1.29 is 0 Å². The Balaban J connectivity index is 1.40. The lowest BCUT2D eigenvalue weighted by molar-refractivity contribution is 0.533. The predicted molar refractivity (Wildman–Crippen MR) is 100 cm³/mol. The minimum Gasteiger partial charge on any atom is -0.357 e. The van der Waals surface area contributed by atoms with Crippen LogP contribution in [-0.2, 0) is 14.1 Å². The molecule has 0 bridgehead atoms. The van der Waals surface area contributed by atoms with E-state index in [2.05, 4.69) is 29.7 Å². The maximum absolute atomic E-state index is 12.2. The van der Waals surface area contributed by atoms with Crippen LogP contribution in [0.2, 0.25) is 0 Å². The zero-order valence-electron chi connectivity index (χ0n) is 15.2. The topological polar surface area (TPSA) is 105 Å². The molecular formula is C17H20N8O2. The van der Waals surface area contributed by atoms with Gasteiger partial charge in [0.05, 0.1) is 6.33 Å². The Morgan fingerprint density at radius 1 is 0.963 bits per heavy atom. The fourth-order valence-electron chi connectivity index (χ4n) is 4.37. The Morgan fingerprint density at radius 2 is 1.67 bits per heavy atom. The number of fused-ring (bicyclic) bond motifs is 2. The molecule has 0 amide bonds. The lowest BCUT2D eigenvalue weighted by atomic mass is 10.0. The zero-order chi connectivity index (χ0) is 18.7. The second-order valence-corrected chi connectivity index (χ2v) is 7.37. The van der Waals surface area contributed by atoms with E-state index in [4.69, 9.17) is 0 Å². The lowest BCUT2D eigenvalue weighted by Crippen LogP contribution is -2.40. The smallest absolute Gasteiger partial charge is 0.332 e. The van der Waals surface area contributed by atoms with Crippen LogP contribution in [0.1, 0.15) is 0 Å². The molecule has 2 aliphatic rings. The number of imidazole rings is 1. The molecule has 0 saturated carbocycles. The highest BCUT2D eigenvalue weighted by Crippen LogP contribution is 2.36. The quantitative estimate of drug-likeness (QED) is 0.639. The molecule has 3 aromatic rings. The highest BCUT2D eigenvalue weighted by atomic mass is 16.2. The first-order valence-electron chi connectivity index (χ1n) is 8.94. The molecule has 0 spiro atoms. The predicted octanol–water partition coefficient (Wildman–Crippen LogP) is -0.677. The maximum Gasteiger partial charge on any atom is 0.332 e. The molecular weight excluding hydrogens is 348 g/mol. The van der Waals surface area contributed by atoms with Crippen LogP contribution in [0.15, 0.2) is 28.3 Å². The van der Waals surface area contributed by atoms with E-state index in [9.17, 15) is 9.59 Å². The third kappa shape index (κ3) is 2.36. The van der Waals surface area contributed by atoms with Crippen molar-refractivity contribution in [2.75, 3.05) is 36.0 Å². The van der Waals surface area contributed by atoms with Crippen LogP contribution >= 0.6 is 0 Å². The first kappa shape index (κ1) is 16.0. The van der Waals surface area contributed by atoms with Crippen molar-refractivity contribution in [2.45, 2.75) is 0 Å². The lowest BCUT2D eigenvalue weighted by Gasteiger charge is -2.25. The molecule has 2 fully saturated rings. The highest BCUT2D eigenvalue weighted by molar-refractivity contribution is 5.82. The van der Waals surface area contributed by atoms with Crippen molar-refractivity contribution in [3.63, 3.8) is 0 Å². The number of nitrogens with zero attached hydrogens (tertiary/aromatic N) is 7. The van der Waals surface area contributed by atoms with Crippen LogP contribution in [0, 0.1) is 11.8 Å². The molecule has 2 atom stereocenters. The van der Waals surface area contributed by atoms with Crippen LogP contribution in [-0.4, -0.2) is 55.2 Å². The summed E-state index contributed by atoms with van der Waals surface area (Å²) >= 11 is 0. The van der Waals surface area contributed by atoms with Gasteiger partial charge in [0.1, 0.15) is 17.7 Å². The SMILES string of the molecule is Cn1c(N2CC3CN(c4ncnc5nc[nH]c45)CC3C2)cc(=O)n(C)c1=O. The third-order valence-corrected chi connectivity index (χ3v) is 5.81. The molecule has 2 unspecified atom stereocenters. The van der Waals surface area contributed by atoms with E-state index >= 15 is 0 Å². The van der Waals surface area contributed by atoms with E-state index in [-0.39, 0.29) is 11.2 Å². The number of aromatic amines is 1. The van der Waals surface area contributed by atoms with Gasteiger partial charge in [-0.25, -0.2) is 19.7 Å². The Bertz CT molecular complexity index is 1130. The van der Waals surface area contributed by atoms with E-state index in [0.717, 1.165) is 42.1 Å².